The number of tetrazole rings is 1. The molecule has 1 aromatic carbocycles. The minimum Gasteiger partial charge on any atom is -0.350 e. The van der Waals surface area contributed by atoms with Crippen molar-refractivity contribution in [3.8, 4) is 11.4 Å². The number of fused-ring (bicyclic) bond motifs is 1. The standard InChI is InChI=1S/C17H19N7O/c1-12-2-4-13(5-3-12)17-20-22-24(21-17)11-16(25)19-14-6-7-15-18-8-9-23(15)10-14/h2-5,8-9,14H,6-7,10-11H2,1H3,(H,19,25)/t14-/m1/s1. The zero-order chi connectivity index (χ0) is 17.2. The van der Waals surface area contributed by atoms with Crippen LogP contribution in [0.3, 0.4) is 0 Å². The van der Waals surface area contributed by atoms with Gasteiger partial charge in [-0.3, -0.25) is 4.79 Å². The van der Waals surface area contributed by atoms with Gasteiger partial charge in [-0.05, 0) is 18.6 Å². The lowest BCUT2D eigenvalue weighted by atomic mass is 10.1. The van der Waals surface area contributed by atoms with Crippen molar-refractivity contribution in [2.75, 3.05) is 0 Å². The van der Waals surface area contributed by atoms with Crippen molar-refractivity contribution in [1.82, 2.24) is 35.1 Å². The molecular formula is C17H19N7O. The van der Waals surface area contributed by atoms with Crippen LogP contribution < -0.4 is 5.32 Å². The quantitative estimate of drug-likeness (QED) is 0.766. The second-order valence-corrected chi connectivity index (χ2v) is 6.31. The molecule has 1 aliphatic rings. The molecule has 3 aromatic rings. The SMILES string of the molecule is Cc1ccc(-c2nnn(CC(=O)N[C@@H]3CCc4nccn4C3)n2)cc1. The summed E-state index contributed by atoms with van der Waals surface area (Å²) in [4.78, 5) is 17.9. The summed E-state index contributed by atoms with van der Waals surface area (Å²) in [5, 5.41) is 15.3. The van der Waals surface area contributed by atoms with Crippen molar-refractivity contribution in [2.24, 2.45) is 0 Å². The Balaban J connectivity index is 1.36. The molecule has 0 saturated carbocycles. The largest absolute Gasteiger partial charge is 0.350 e. The highest BCUT2D eigenvalue weighted by Gasteiger charge is 2.20. The van der Waals surface area contributed by atoms with Gasteiger partial charge < -0.3 is 9.88 Å². The molecule has 128 valence electrons. The van der Waals surface area contributed by atoms with E-state index in [0.717, 1.165) is 30.8 Å². The summed E-state index contributed by atoms with van der Waals surface area (Å²) < 4.78 is 2.08. The molecule has 0 saturated heterocycles. The van der Waals surface area contributed by atoms with Crippen molar-refractivity contribution in [3.05, 3.63) is 48.0 Å². The number of carbonyl (C=O) groups is 1. The Labute approximate surface area is 144 Å². The first-order valence-electron chi connectivity index (χ1n) is 8.31. The van der Waals surface area contributed by atoms with E-state index in [4.69, 9.17) is 0 Å². The van der Waals surface area contributed by atoms with Crippen molar-refractivity contribution in [1.29, 1.82) is 0 Å². The Morgan fingerprint density at radius 3 is 3.00 bits per heavy atom. The number of hydrogen-bond donors (Lipinski definition) is 1. The van der Waals surface area contributed by atoms with E-state index in [1.165, 1.54) is 10.4 Å². The maximum Gasteiger partial charge on any atom is 0.243 e. The number of aryl methyl sites for hydroxylation is 2. The van der Waals surface area contributed by atoms with Gasteiger partial charge in [-0.25, -0.2) is 4.98 Å². The molecule has 4 rings (SSSR count). The van der Waals surface area contributed by atoms with E-state index in [2.05, 4.69) is 30.3 Å². The fourth-order valence-electron chi connectivity index (χ4n) is 3.01. The van der Waals surface area contributed by atoms with E-state index in [9.17, 15) is 4.79 Å². The zero-order valence-electron chi connectivity index (χ0n) is 14.0. The fourth-order valence-corrected chi connectivity index (χ4v) is 3.01. The summed E-state index contributed by atoms with van der Waals surface area (Å²) in [7, 11) is 0. The van der Waals surface area contributed by atoms with Crippen molar-refractivity contribution in [3.63, 3.8) is 0 Å². The van der Waals surface area contributed by atoms with Gasteiger partial charge in [0.25, 0.3) is 0 Å². The zero-order valence-corrected chi connectivity index (χ0v) is 14.0. The average Bonchev–Trinajstić information content (AvgIpc) is 3.24. The van der Waals surface area contributed by atoms with Crippen LogP contribution in [0.5, 0.6) is 0 Å². The third-order valence-electron chi connectivity index (χ3n) is 4.35. The Morgan fingerprint density at radius 1 is 1.32 bits per heavy atom. The Kier molecular flexibility index (Phi) is 4.01. The molecule has 1 aliphatic heterocycles. The molecule has 0 fully saturated rings. The van der Waals surface area contributed by atoms with Crippen LogP contribution in [0.2, 0.25) is 0 Å². The maximum absolute atomic E-state index is 12.3. The van der Waals surface area contributed by atoms with Crippen LogP contribution in [-0.2, 0) is 24.3 Å². The van der Waals surface area contributed by atoms with E-state index in [-0.39, 0.29) is 18.5 Å². The van der Waals surface area contributed by atoms with Gasteiger partial charge in [-0.1, -0.05) is 29.8 Å². The third-order valence-corrected chi connectivity index (χ3v) is 4.35. The molecule has 0 bridgehead atoms. The van der Waals surface area contributed by atoms with Crippen LogP contribution in [0.25, 0.3) is 11.4 Å². The summed E-state index contributed by atoms with van der Waals surface area (Å²) >= 11 is 0. The number of aromatic nitrogens is 6. The van der Waals surface area contributed by atoms with Gasteiger partial charge in [0.15, 0.2) is 0 Å². The molecule has 8 nitrogen and oxygen atoms in total. The number of nitrogens with one attached hydrogen (secondary N) is 1. The van der Waals surface area contributed by atoms with Gasteiger partial charge in [-0.15, -0.1) is 10.2 Å². The molecule has 0 spiro atoms. The second-order valence-electron chi connectivity index (χ2n) is 6.31. The predicted octanol–water partition coefficient (Wildman–Crippen LogP) is 0.976. The van der Waals surface area contributed by atoms with E-state index < -0.39 is 0 Å². The first-order chi connectivity index (χ1) is 12.2. The lowest BCUT2D eigenvalue weighted by Gasteiger charge is -2.24. The normalized spacial score (nSPS) is 16.4. The topological polar surface area (TPSA) is 90.5 Å². The summed E-state index contributed by atoms with van der Waals surface area (Å²) in [6, 6.07) is 7.99. The summed E-state index contributed by atoms with van der Waals surface area (Å²) in [6.45, 7) is 2.84. The second kappa shape index (κ2) is 6.46. The molecule has 25 heavy (non-hydrogen) atoms. The van der Waals surface area contributed by atoms with Crippen LogP contribution in [0, 0.1) is 6.92 Å². The van der Waals surface area contributed by atoms with Crippen LogP contribution in [0.1, 0.15) is 17.8 Å². The number of carbonyl (C=O) groups excluding carboxylic acids is 1. The van der Waals surface area contributed by atoms with Crippen LogP contribution in [0.15, 0.2) is 36.7 Å². The van der Waals surface area contributed by atoms with Gasteiger partial charge in [0.1, 0.15) is 12.4 Å². The molecule has 0 radical (unpaired) electrons. The first kappa shape index (κ1) is 15.5. The summed E-state index contributed by atoms with van der Waals surface area (Å²) in [5.74, 6) is 1.49. The number of nitrogens with zero attached hydrogens (tertiary/aromatic N) is 6. The lowest BCUT2D eigenvalue weighted by Crippen LogP contribution is -2.42. The number of rotatable bonds is 4. The summed E-state index contributed by atoms with van der Waals surface area (Å²) in [5.41, 5.74) is 2.06. The van der Waals surface area contributed by atoms with Gasteiger partial charge in [0, 0.05) is 37.0 Å². The van der Waals surface area contributed by atoms with E-state index in [0.29, 0.717) is 5.82 Å². The van der Waals surface area contributed by atoms with Gasteiger partial charge in [0.05, 0.1) is 0 Å². The molecule has 0 unspecified atom stereocenters. The number of amides is 1. The van der Waals surface area contributed by atoms with Gasteiger partial charge in [0.2, 0.25) is 11.7 Å². The molecular weight excluding hydrogens is 318 g/mol. The first-order valence-corrected chi connectivity index (χ1v) is 8.31. The highest BCUT2D eigenvalue weighted by Crippen LogP contribution is 2.14. The lowest BCUT2D eigenvalue weighted by molar-refractivity contribution is -0.123. The Bertz CT molecular complexity index is 881. The molecule has 2 aromatic heterocycles. The Morgan fingerprint density at radius 2 is 2.16 bits per heavy atom. The molecule has 1 atom stereocenters. The minimum atomic E-state index is -0.110. The smallest absolute Gasteiger partial charge is 0.243 e. The molecule has 1 amide bonds. The van der Waals surface area contributed by atoms with E-state index >= 15 is 0 Å². The molecule has 8 heteroatoms. The van der Waals surface area contributed by atoms with Crippen molar-refractivity contribution < 1.29 is 4.79 Å². The highest BCUT2D eigenvalue weighted by atomic mass is 16.2. The van der Waals surface area contributed by atoms with Crippen LogP contribution in [0.4, 0.5) is 0 Å². The third kappa shape index (κ3) is 3.42. The maximum atomic E-state index is 12.3. The highest BCUT2D eigenvalue weighted by molar-refractivity contribution is 5.75. The molecule has 1 N–H and O–H groups in total. The number of hydrogen-bond acceptors (Lipinski definition) is 5. The predicted molar refractivity (Wildman–Crippen MR) is 90.5 cm³/mol. The minimum absolute atomic E-state index is 0.0617. The Hall–Kier alpha value is -3.03. The molecule has 3 heterocycles. The number of benzene rings is 1. The average molecular weight is 337 g/mol. The summed E-state index contributed by atoms with van der Waals surface area (Å²) in [6.07, 6.45) is 5.51. The van der Waals surface area contributed by atoms with Gasteiger partial charge >= 0.3 is 0 Å². The van der Waals surface area contributed by atoms with Crippen LogP contribution in [-0.4, -0.2) is 41.7 Å². The van der Waals surface area contributed by atoms with Gasteiger partial charge in [-0.2, -0.15) is 4.80 Å². The molecule has 0 aliphatic carbocycles. The van der Waals surface area contributed by atoms with Crippen LogP contribution >= 0.6 is 0 Å². The van der Waals surface area contributed by atoms with Crippen molar-refractivity contribution in [2.45, 2.75) is 38.9 Å². The monoisotopic (exact) mass is 337 g/mol. The number of imidazole rings is 1. The fraction of sp³-hybridized carbons (Fsp3) is 0.353. The van der Waals surface area contributed by atoms with Crippen molar-refractivity contribution >= 4 is 5.91 Å². The van der Waals surface area contributed by atoms with E-state index in [1.807, 2.05) is 37.4 Å². The van der Waals surface area contributed by atoms with E-state index in [1.54, 1.807) is 6.20 Å².